The SMILES string of the molecule is CC(C)CCCCCCNC1CCCC(CC(C)C)C1. The predicted molar refractivity (Wildman–Crippen MR) is 91.1 cm³/mol. The Bertz CT molecular complexity index is 222. The Kier molecular flexibility index (Phi) is 9.59. The van der Waals surface area contributed by atoms with Gasteiger partial charge < -0.3 is 5.32 Å². The third-order valence-electron chi connectivity index (χ3n) is 4.73. The molecule has 1 rings (SSSR count). The second-order valence-electron chi connectivity index (χ2n) is 7.91. The van der Waals surface area contributed by atoms with Crippen LogP contribution in [0.2, 0.25) is 0 Å². The van der Waals surface area contributed by atoms with Crippen molar-refractivity contribution in [2.45, 2.75) is 97.9 Å². The molecule has 1 fully saturated rings. The van der Waals surface area contributed by atoms with Gasteiger partial charge in [-0.15, -0.1) is 0 Å². The molecule has 0 aliphatic heterocycles. The Morgan fingerprint density at radius 1 is 0.900 bits per heavy atom. The van der Waals surface area contributed by atoms with E-state index in [4.69, 9.17) is 0 Å². The van der Waals surface area contributed by atoms with Crippen LogP contribution in [0.5, 0.6) is 0 Å². The molecule has 0 aromatic heterocycles. The van der Waals surface area contributed by atoms with Gasteiger partial charge in [0.25, 0.3) is 0 Å². The van der Waals surface area contributed by atoms with Gasteiger partial charge in [0.15, 0.2) is 0 Å². The second-order valence-corrected chi connectivity index (χ2v) is 7.91. The average Bonchev–Trinajstić information content (AvgIpc) is 2.37. The Labute approximate surface area is 128 Å². The zero-order valence-electron chi connectivity index (χ0n) is 14.6. The zero-order valence-corrected chi connectivity index (χ0v) is 14.6. The van der Waals surface area contributed by atoms with Crippen molar-refractivity contribution < 1.29 is 0 Å². The summed E-state index contributed by atoms with van der Waals surface area (Å²) in [5.41, 5.74) is 0. The fraction of sp³-hybridized carbons (Fsp3) is 1.00. The summed E-state index contributed by atoms with van der Waals surface area (Å²) < 4.78 is 0. The third kappa shape index (κ3) is 9.00. The van der Waals surface area contributed by atoms with E-state index in [0.717, 1.165) is 23.8 Å². The highest BCUT2D eigenvalue weighted by atomic mass is 14.9. The summed E-state index contributed by atoms with van der Waals surface area (Å²) >= 11 is 0. The number of unbranched alkanes of at least 4 members (excludes halogenated alkanes) is 3. The highest BCUT2D eigenvalue weighted by molar-refractivity contribution is 4.78. The quantitative estimate of drug-likeness (QED) is 0.500. The molecule has 0 bridgehead atoms. The average molecular weight is 282 g/mol. The van der Waals surface area contributed by atoms with E-state index in [1.165, 1.54) is 70.8 Å². The molecule has 120 valence electrons. The summed E-state index contributed by atoms with van der Waals surface area (Å²) in [5, 5.41) is 3.82. The van der Waals surface area contributed by atoms with Gasteiger partial charge in [-0.2, -0.15) is 0 Å². The van der Waals surface area contributed by atoms with E-state index >= 15 is 0 Å². The first-order chi connectivity index (χ1) is 9.58. The summed E-state index contributed by atoms with van der Waals surface area (Å²) in [4.78, 5) is 0. The van der Waals surface area contributed by atoms with Gasteiger partial charge in [-0.3, -0.25) is 0 Å². The topological polar surface area (TPSA) is 12.0 Å². The van der Waals surface area contributed by atoms with Gasteiger partial charge in [0.05, 0.1) is 0 Å². The molecule has 0 radical (unpaired) electrons. The summed E-state index contributed by atoms with van der Waals surface area (Å²) in [6, 6.07) is 0.822. The first-order valence-corrected chi connectivity index (χ1v) is 9.31. The van der Waals surface area contributed by atoms with Gasteiger partial charge in [0.1, 0.15) is 0 Å². The van der Waals surface area contributed by atoms with Crippen molar-refractivity contribution in [3.8, 4) is 0 Å². The molecule has 1 nitrogen and oxygen atoms in total. The van der Waals surface area contributed by atoms with Gasteiger partial charge in [-0.25, -0.2) is 0 Å². The first-order valence-electron chi connectivity index (χ1n) is 9.31. The summed E-state index contributed by atoms with van der Waals surface area (Å²) in [6.45, 7) is 10.7. The lowest BCUT2D eigenvalue weighted by atomic mass is 9.81. The van der Waals surface area contributed by atoms with Crippen LogP contribution in [0.15, 0.2) is 0 Å². The van der Waals surface area contributed by atoms with Gasteiger partial charge in [-0.1, -0.05) is 66.2 Å². The maximum Gasteiger partial charge on any atom is 0.00697 e. The fourth-order valence-corrected chi connectivity index (χ4v) is 3.69. The molecular formula is C19H39N. The normalized spacial score (nSPS) is 23.7. The van der Waals surface area contributed by atoms with Crippen LogP contribution in [0.4, 0.5) is 0 Å². The minimum atomic E-state index is 0.822. The molecule has 0 spiro atoms. The molecule has 20 heavy (non-hydrogen) atoms. The highest BCUT2D eigenvalue weighted by Gasteiger charge is 2.21. The van der Waals surface area contributed by atoms with Crippen molar-refractivity contribution in [3.05, 3.63) is 0 Å². The Hall–Kier alpha value is -0.0400. The van der Waals surface area contributed by atoms with Crippen LogP contribution in [0, 0.1) is 17.8 Å². The largest absolute Gasteiger partial charge is 0.314 e. The predicted octanol–water partition coefficient (Wildman–Crippen LogP) is 5.79. The number of hydrogen-bond acceptors (Lipinski definition) is 1. The van der Waals surface area contributed by atoms with Crippen LogP contribution < -0.4 is 5.32 Å². The van der Waals surface area contributed by atoms with Crippen LogP contribution >= 0.6 is 0 Å². The highest BCUT2D eigenvalue weighted by Crippen LogP contribution is 2.29. The fourth-order valence-electron chi connectivity index (χ4n) is 3.69. The van der Waals surface area contributed by atoms with E-state index in [1.807, 2.05) is 0 Å². The zero-order chi connectivity index (χ0) is 14.8. The summed E-state index contributed by atoms with van der Waals surface area (Å²) in [6.07, 6.45) is 14.3. The van der Waals surface area contributed by atoms with E-state index < -0.39 is 0 Å². The Balaban J connectivity index is 1.98. The number of hydrogen-bond donors (Lipinski definition) is 1. The molecule has 0 aromatic rings. The molecule has 2 atom stereocenters. The maximum atomic E-state index is 3.82. The Morgan fingerprint density at radius 2 is 1.65 bits per heavy atom. The van der Waals surface area contributed by atoms with Crippen molar-refractivity contribution in [1.29, 1.82) is 0 Å². The van der Waals surface area contributed by atoms with Crippen LogP contribution in [0.1, 0.15) is 91.9 Å². The molecule has 0 amide bonds. The lowest BCUT2D eigenvalue weighted by Crippen LogP contribution is -2.35. The van der Waals surface area contributed by atoms with Crippen molar-refractivity contribution >= 4 is 0 Å². The van der Waals surface area contributed by atoms with Crippen LogP contribution in [0.3, 0.4) is 0 Å². The van der Waals surface area contributed by atoms with Gasteiger partial charge in [0, 0.05) is 6.04 Å². The minimum Gasteiger partial charge on any atom is -0.314 e. The molecule has 1 aliphatic rings. The van der Waals surface area contributed by atoms with Crippen LogP contribution in [-0.2, 0) is 0 Å². The minimum absolute atomic E-state index is 0.822. The number of nitrogens with one attached hydrogen (secondary N) is 1. The van der Waals surface area contributed by atoms with Crippen molar-refractivity contribution in [2.24, 2.45) is 17.8 Å². The smallest absolute Gasteiger partial charge is 0.00697 e. The van der Waals surface area contributed by atoms with Crippen molar-refractivity contribution in [2.75, 3.05) is 6.54 Å². The van der Waals surface area contributed by atoms with Crippen LogP contribution in [-0.4, -0.2) is 12.6 Å². The van der Waals surface area contributed by atoms with Gasteiger partial charge in [0.2, 0.25) is 0 Å². The van der Waals surface area contributed by atoms with Crippen LogP contribution in [0.25, 0.3) is 0 Å². The van der Waals surface area contributed by atoms with Crippen molar-refractivity contribution in [3.63, 3.8) is 0 Å². The molecule has 1 N–H and O–H groups in total. The Morgan fingerprint density at radius 3 is 2.35 bits per heavy atom. The molecule has 0 saturated heterocycles. The van der Waals surface area contributed by atoms with E-state index in [0.29, 0.717) is 0 Å². The molecule has 1 heteroatoms. The molecule has 1 saturated carbocycles. The molecular weight excluding hydrogens is 242 g/mol. The number of rotatable bonds is 10. The van der Waals surface area contributed by atoms with E-state index in [9.17, 15) is 0 Å². The maximum absolute atomic E-state index is 3.82. The van der Waals surface area contributed by atoms with Gasteiger partial charge >= 0.3 is 0 Å². The molecule has 1 aliphatic carbocycles. The standard InChI is InChI=1S/C19H39N/c1-16(2)10-7-5-6-8-13-20-19-12-9-11-18(15-19)14-17(3)4/h16-20H,5-15H2,1-4H3. The first kappa shape index (κ1) is 18.0. The molecule has 2 unspecified atom stereocenters. The summed E-state index contributed by atoms with van der Waals surface area (Å²) in [5.74, 6) is 2.75. The van der Waals surface area contributed by atoms with E-state index in [1.54, 1.807) is 0 Å². The lowest BCUT2D eigenvalue weighted by molar-refractivity contribution is 0.252. The summed E-state index contributed by atoms with van der Waals surface area (Å²) in [7, 11) is 0. The van der Waals surface area contributed by atoms with Gasteiger partial charge in [-0.05, 0) is 50.0 Å². The third-order valence-corrected chi connectivity index (χ3v) is 4.73. The van der Waals surface area contributed by atoms with E-state index in [-0.39, 0.29) is 0 Å². The molecule has 0 heterocycles. The molecule has 0 aromatic carbocycles. The van der Waals surface area contributed by atoms with E-state index in [2.05, 4.69) is 33.0 Å². The lowest BCUT2D eigenvalue weighted by Gasteiger charge is -2.31. The second kappa shape index (κ2) is 10.7. The monoisotopic (exact) mass is 281 g/mol. The van der Waals surface area contributed by atoms with Crippen molar-refractivity contribution in [1.82, 2.24) is 5.32 Å².